The van der Waals surface area contributed by atoms with Gasteiger partial charge < -0.3 is 20.1 Å². The molecule has 2 aliphatic heterocycles. The predicted molar refractivity (Wildman–Crippen MR) is 83.4 cm³/mol. The van der Waals surface area contributed by atoms with E-state index in [1.165, 1.54) is 0 Å². The van der Waals surface area contributed by atoms with Crippen molar-refractivity contribution in [2.45, 2.75) is 6.10 Å². The first-order valence-electron chi connectivity index (χ1n) is 6.89. The Morgan fingerprint density at radius 2 is 1.76 bits per heavy atom. The van der Waals surface area contributed by atoms with Crippen molar-refractivity contribution < 1.29 is 14.3 Å². The topological polar surface area (TPSA) is 68.0 Å². The highest BCUT2D eigenvalue weighted by Crippen LogP contribution is 2.25. The molecule has 2 heterocycles. The van der Waals surface area contributed by atoms with E-state index < -0.39 is 0 Å². The zero-order valence-corrected chi connectivity index (χ0v) is 12.6. The summed E-state index contributed by atoms with van der Waals surface area (Å²) < 4.78 is 10.5. The fourth-order valence-electron chi connectivity index (χ4n) is 2.52. The molecule has 0 saturated carbocycles. The molecule has 6 nitrogen and oxygen atoms in total. The van der Waals surface area contributed by atoms with Crippen LogP contribution in [0.1, 0.15) is 0 Å². The van der Waals surface area contributed by atoms with E-state index in [0.29, 0.717) is 13.1 Å². The van der Waals surface area contributed by atoms with Crippen LogP contribution in [-0.4, -0.2) is 51.6 Å². The molecule has 0 bridgehead atoms. The van der Waals surface area contributed by atoms with Gasteiger partial charge in [-0.1, -0.05) is 0 Å². The monoisotopic (exact) mass is 313 g/mol. The maximum Gasteiger partial charge on any atom is 0.414 e. The third kappa shape index (κ3) is 3.40. The molecule has 0 unspecified atom stereocenters. The van der Waals surface area contributed by atoms with E-state index in [1.54, 1.807) is 4.90 Å². The number of halogens is 1. The van der Waals surface area contributed by atoms with Gasteiger partial charge in [-0.25, -0.2) is 4.79 Å². The second-order valence-electron chi connectivity index (χ2n) is 4.97. The third-order valence-corrected chi connectivity index (χ3v) is 3.67. The molecule has 2 saturated heterocycles. The number of anilines is 2. The number of ether oxygens (including phenoxy) is 2. The summed E-state index contributed by atoms with van der Waals surface area (Å²) >= 11 is 0. The van der Waals surface area contributed by atoms with E-state index in [-0.39, 0.29) is 24.6 Å². The van der Waals surface area contributed by atoms with Crippen molar-refractivity contribution in [2.75, 3.05) is 49.2 Å². The van der Waals surface area contributed by atoms with Crippen molar-refractivity contribution in [2.24, 2.45) is 5.73 Å². The van der Waals surface area contributed by atoms with Gasteiger partial charge in [-0.05, 0) is 24.3 Å². The number of amides is 1. The minimum Gasteiger partial charge on any atom is -0.443 e. The molecule has 2 aliphatic rings. The minimum absolute atomic E-state index is 0. The molecule has 1 aromatic rings. The molecule has 116 valence electrons. The largest absolute Gasteiger partial charge is 0.443 e. The molecule has 1 aromatic carbocycles. The summed E-state index contributed by atoms with van der Waals surface area (Å²) in [6, 6.07) is 7.96. The molecule has 2 fully saturated rings. The quantitative estimate of drug-likeness (QED) is 0.909. The Hall–Kier alpha value is -1.50. The van der Waals surface area contributed by atoms with E-state index >= 15 is 0 Å². The Morgan fingerprint density at radius 1 is 1.14 bits per heavy atom. The highest BCUT2D eigenvalue weighted by Gasteiger charge is 2.31. The molecule has 21 heavy (non-hydrogen) atoms. The van der Waals surface area contributed by atoms with Gasteiger partial charge in [-0.3, -0.25) is 4.90 Å². The first-order chi connectivity index (χ1) is 9.78. The number of benzene rings is 1. The lowest BCUT2D eigenvalue weighted by Crippen LogP contribution is -2.36. The van der Waals surface area contributed by atoms with Crippen LogP contribution in [0.4, 0.5) is 16.2 Å². The maximum absolute atomic E-state index is 11.8. The summed E-state index contributed by atoms with van der Waals surface area (Å²) in [4.78, 5) is 15.7. The predicted octanol–water partition coefficient (Wildman–Crippen LogP) is 1.23. The Balaban J connectivity index is 0.00000161. The van der Waals surface area contributed by atoms with Crippen LogP contribution in [-0.2, 0) is 9.47 Å². The van der Waals surface area contributed by atoms with Gasteiger partial charge in [0.1, 0.15) is 6.10 Å². The smallest absolute Gasteiger partial charge is 0.414 e. The Labute approximate surface area is 130 Å². The summed E-state index contributed by atoms with van der Waals surface area (Å²) in [5.41, 5.74) is 7.54. The number of nitrogens with zero attached hydrogens (tertiary/aromatic N) is 2. The van der Waals surface area contributed by atoms with E-state index in [0.717, 1.165) is 37.7 Å². The Bertz CT molecular complexity index is 477. The van der Waals surface area contributed by atoms with Gasteiger partial charge in [0.2, 0.25) is 0 Å². The molecule has 0 aliphatic carbocycles. The molecule has 3 rings (SSSR count). The molecule has 1 amide bonds. The molecule has 0 aromatic heterocycles. The molecular formula is C14H20ClN3O3. The van der Waals surface area contributed by atoms with Crippen molar-refractivity contribution in [3.63, 3.8) is 0 Å². The molecular weight excluding hydrogens is 294 g/mol. The zero-order valence-electron chi connectivity index (χ0n) is 11.7. The van der Waals surface area contributed by atoms with Crippen LogP contribution in [0.5, 0.6) is 0 Å². The van der Waals surface area contributed by atoms with Gasteiger partial charge in [0.05, 0.1) is 19.8 Å². The lowest BCUT2D eigenvalue weighted by molar-refractivity contribution is 0.122. The maximum atomic E-state index is 11.8. The van der Waals surface area contributed by atoms with Gasteiger partial charge in [0.25, 0.3) is 0 Å². The van der Waals surface area contributed by atoms with Gasteiger partial charge in [-0.15, -0.1) is 12.4 Å². The van der Waals surface area contributed by atoms with Crippen molar-refractivity contribution in [1.29, 1.82) is 0 Å². The molecule has 1 atom stereocenters. The van der Waals surface area contributed by atoms with Crippen LogP contribution in [0.2, 0.25) is 0 Å². The molecule has 2 N–H and O–H groups in total. The number of hydrogen-bond donors (Lipinski definition) is 1. The SMILES string of the molecule is Cl.NC[C@H]1CN(c2ccc(N3CCOCC3)cc2)C(=O)O1. The van der Waals surface area contributed by atoms with E-state index in [2.05, 4.69) is 4.90 Å². The van der Waals surface area contributed by atoms with Crippen LogP contribution in [0.15, 0.2) is 24.3 Å². The first kappa shape index (κ1) is 15.9. The second-order valence-corrected chi connectivity index (χ2v) is 4.97. The number of cyclic esters (lactones) is 1. The highest BCUT2D eigenvalue weighted by molar-refractivity contribution is 5.90. The van der Waals surface area contributed by atoms with Crippen LogP contribution in [0.25, 0.3) is 0 Å². The normalized spacial score (nSPS) is 22.0. The van der Waals surface area contributed by atoms with Crippen LogP contribution in [0.3, 0.4) is 0 Å². The number of carbonyl (C=O) groups is 1. The summed E-state index contributed by atoms with van der Waals surface area (Å²) in [6.07, 6.45) is -0.527. The van der Waals surface area contributed by atoms with Crippen molar-refractivity contribution in [1.82, 2.24) is 0 Å². The van der Waals surface area contributed by atoms with Crippen molar-refractivity contribution >= 4 is 29.9 Å². The van der Waals surface area contributed by atoms with Crippen molar-refractivity contribution in [3.8, 4) is 0 Å². The average molecular weight is 314 g/mol. The number of hydrogen-bond acceptors (Lipinski definition) is 5. The van der Waals surface area contributed by atoms with Crippen LogP contribution in [0, 0.1) is 0 Å². The lowest BCUT2D eigenvalue weighted by Gasteiger charge is -2.29. The summed E-state index contributed by atoms with van der Waals surface area (Å²) in [5, 5.41) is 0. The van der Waals surface area contributed by atoms with Crippen LogP contribution < -0.4 is 15.5 Å². The van der Waals surface area contributed by atoms with Gasteiger partial charge in [0, 0.05) is 31.0 Å². The fourth-order valence-corrected chi connectivity index (χ4v) is 2.52. The highest BCUT2D eigenvalue weighted by atomic mass is 35.5. The summed E-state index contributed by atoms with van der Waals surface area (Å²) in [7, 11) is 0. The number of carbonyl (C=O) groups excluding carboxylic acids is 1. The van der Waals surface area contributed by atoms with Gasteiger partial charge >= 0.3 is 6.09 Å². The van der Waals surface area contributed by atoms with Gasteiger partial charge in [-0.2, -0.15) is 0 Å². The first-order valence-corrected chi connectivity index (χ1v) is 6.89. The summed E-state index contributed by atoms with van der Waals surface area (Å²) in [5.74, 6) is 0. The minimum atomic E-state index is -0.320. The van der Waals surface area contributed by atoms with Crippen molar-refractivity contribution in [3.05, 3.63) is 24.3 Å². The van der Waals surface area contributed by atoms with E-state index in [9.17, 15) is 4.79 Å². The third-order valence-electron chi connectivity index (χ3n) is 3.67. The number of nitrogens with two attached hydrogens (primary N) is 1. The zero-order chi connectivity index (χ0) is 13.9. The standard InChI is InChI=1S/C14H19N3O3.ClH/c15-9-13-10-17(14(18)20-13)12-3-1-11(2-4-12)16-5-7-19-8-6-16;/h1-4,13H,5-10,15H2;1H/t13-;/m0./s1. The van der Waals surface area contributed by atoms with Crippen LogP contribution >= 0.6 is 12.4 Å². The van der Waals surface area contributed by atoms with E-state index in [1.807, 2.05) is 24.3 Å². The second kappa shape index (κ2) is 6.98. The van der Waals surface area contributed by atoms with E-state index in [4.69, 9.17) is 15.2 Å². The lowest BCUT2D eigenvalue weighted by atomic mass is 10.2. The average Bonchev–Trinajstić information content (AvgIpc) is 2.89. The fraction of sp³-hybridized carbons (Fsp3) is 0.500. The molecule has 7 heteroatoms. The number of morpholine rings is 1. The molecule has 0 radical (unpaired) electrons. The van der Waals surface area contributed by atoms with Gasteiger partial charge in [0.15, 0.2) is 0 Å². The molecule has 0 spiro atoms. The summed E-state index contributed by atoms with van der Waals surface area (Å²) in [6.45, 7) is 4.21. The Kier molecular flexibility index (Phi) is 5.27. The number of rotatable bonds is 3. The Morgan fingerprint density at radius 3 is 2.33 bits per heavy atom.